The largest absolute Gasteiger partial charge is 0.346 e. The van der Waals surface area contributed by atoms with Crippen LogP contribution in [0.5, 0.6) is 0 Å². The van der Waals surface area contributed by atoms with E-state index in [0.717, 1.165) is 33.7 Å². The van der Waals surface area contributed by atoms with E-state index in [4.69, 9.17) is 16.6 Å². The Morgan fingerprint density at radius 3 is 2.50 bits per heavy atom. The fourth-order valence-electron chi connectivity index (χ4n) is 3.65. The molecule has 30 heavy (non-hydrogen) atoms. The number of aromatic nitrogens is 4. The van der Waals surface area contributed by atoms with Crippen molar-refractivity contribution in [2.45, 2.75) is 6.92 Å². The fraction of sp³-hybridized carbons (Fsp3) is 0.0417. The lowest BCUT2D eigenvalue weighted by Crippen LogP contribution is -2.13. The average molecular weight is 413 g/mol. The second-order valence-electron chi connectivity index (χ2n) is 7.04. The van der Waals surface area contributed by atoms with E-state index in [1.807, 2.05) is 90.3 Å². The van der Waals surface area contributed by atoms with E-state index in [1.54, 1.807) is 0 Å². The molecule has 0 aliphatic rings. The monoisotopic (exact) mass is 412 g/mol. The zero-order chi connectivity index (χ0) is 20.7. The Morgan fingerprint density at radius 1 is 0.933 bits per heavy atom. The van der Waals surface area contributed by atoms with Gasteiger partial charge >= 0.3 is 5.69 Å². The summed E-state index contributed by atoms with van der Waals surface area (Å²) in [6.07, 6.45) is 1.93. The SMILES string of the molecule is Cc1ccccc1-c1cc(-c2c(-c3ccc(Cl)cc3)nc3ccccn23)[nH]c(=O)n1. The van der Waals surface area contributed by atoms with Gasteiger partial charge in [-0.15, -0.1) is 0 Å². The maximum atomic E-state index is 12.5. The predicted molar refractivity (Wildman–Crippen MR) is 120 cm³/mol. The number of nitrogens with one attached hydrogen (secondary N) is 1. The van der Waals surface area contributed by atoms with Crippen molar-refractivity contribution >= 4 is 17.2 Å². The van der Waals surface area contributed by atoms with Crippen LogP contribution in [0.25, 0.3) is 39.5 Å². The molecule has 0 bridgehead atoms. The van der Waals surface area contributed by atoms with E-state index in [-0.39, 0.29) is 0 Å². The zero-order valence-electron chi connectivity index (χ0n) is 16.1. The maximum absolute atomic E-state index is 12.5. The van der Waals surface area contributed by atoms with Crippen molar-refractivity contribution in [3.8, 4) is 33.9 Å². The molecule has 5 rings (SSSR count). The first-order valence-electron chi connectivity index (χ1n) is 9.51. The number of halogens is 1. The van der Waals surface area contributed by atoms with Gasteiger partial charge in [-0.25, -0.2) is 9.78 Å². The Bertz CT molecular complexity index is 1430. The minimum Gasteiger partial charge on any atom is -0.304 e. The van der Waals surface area contributed by atoms with Gasteiger partial charge in [-0.1, -0.05) is 54.1 Å². The van der Waals surface area contributed by atoms with Crippen LogP contribution in [-0.2, 0) is 0 Å². The topological polar surface area (TPSA) is 63.1 Å². The number of benzene rings is 2. The summed E-state index contributed by atoms with van der Waals surface area (Å²) in [5, 5.41) is 0.656. The van der Waals surface area contributed by atoms with E-state index in [0.29, 0.717) is 16.4 Å². The summed E-state index contributed by atoms with van der Waals surface area (Å²) in [7, 11) is 0. The van der Waals surface area contributed by atoms with Crippen LogP contribution in [0.15, 0.2) is 83.8 Å². The van der Waals surface area contributed by atoms with Gasteiger partial charge in [0.2, 0.25) is 0 Å². The van der Waals surface area contributed by atoms with Crippen molar-refractivity contribution in [3.63, 3.8) is 0 Å². The van der Waals surface area contributed by atoms with E-state index >= 15 is 0 Å². The molecule has 0 fully saturated rings. The highest BCUT2D eigenvalue weighted by Gasteiger charge is 2.18. The first-order chi connectivity index (χ1) is 14.6. The van der Waals surface area contributed by atoms with E-state index in [1.165, 1.54) is 0 Å². The van der Waals surface area contributed by atoms with Crippen molar-refractivity contribution in [2.75, 3.05) is 0 Å². The second-order valence-corrected chi connectivity index (χ2v) is 7.48. The standard InChI is InChI=1S/C24H17ClN4O/c1-15-6-2-3-7-18(15)19-14-20(27-24(30)26-19)23-22(16-9-11-17(25)12-10-16)28-21-8-4-5-13-29(21)23/h2-14H,1H3,(H,26,27,30). The number of hydrogen-bond acceptors (Lipinski definition) is 3. The zero-order valence-corrected chi connectivity index (χ0v) is 16.9. The molecule has 0 saturated carbocycles. The predicted octanol–water partition coefficient (Wildman–Crippen LogP) is 5.38. The van der Waals surface area contributed by atoms with Gasteiger partial charge in [0, 0.05) is 22.3 Å². The van der Waals surface area contributed by atoms with Gasteiger partial charge in [0.1, 0.15) is 5.65 Å². The minimum atomic E-state index is -0.404. The van der Waals surface area contributed by atoms with Crippen molar-refractivity contribution < 1.29 is 0 Å². The molecule has 146 valence electrons. The smallest absolute Gasteiger partial charge is 0.304 e. The highest BCUT2D eigenvalue weighted by molar-refractivity contribution is 6.30. The number of hydrogen-bond donors (Lipinski definition) is 1. The van der Waals surface area contributed by atoms with E-state index < -0.39 is 5.69 Å². The summed E-state index contributed by atoms with van der Waals surface area (Å²) in [5.41, 5.74) is 6.10. The van der Waals surface area contributed by atoms with Gasteiger partial charge in [-0.2, -0.15) is 4.98 Å². The number of aryl methyl sites for hydroxylation is 1. The van der Waals surface area contributed by atoms with Gasteiger partial charge in [-0.05, 0) is 42.8 Å². The van der Waals surface area contributed by atoms with Crippen LogP contribution in [0, 0.1) is 6.92 Å². The third kappa shape index (κ3) is 3.19. The van der Waals surface area contributed by atoms with Crippen LogP contribution in [0.4, 0.5) is 0 Å². The lowest BCUT2D eigenvalue weighted by molar-refractivity contribution is 1.07. The highest BCUT2D eigenvalue weighted by atomic mass is 35.5. The van der Waals surface area contributed by atoms with Gasteiger partial charge in [0.05, 0.1) is 22.8 Å². The number of imidazole rings is 1. The second kappa shape index (κ2) is 7.28. The normalized spacial score (nSPS) is 11.1. The first-order valence-corrected chi connectivity index (χ1v) is 9.89. The van der Waals surface area contributed by atoms with Crippen molar-refractivity contribution in [1.29, 1.82) is 0 Å². The molecule has 5 nitrogen and oxygen atoms in total. The molecule has 2 aromatic carbocycles. The molecule has 3 heterocycles. The van der Waals surface area contributed by atoms with Crippen LogP contribution < -0.4 is 5.69 Å². The Morgan fingerprint density at radius 2 is 1.70 bits per heavy atom. The molecule has 0 spiro atoms. The molecular formula is C24H17ClN4O. The molecule has 0 atom stereocenters. The Balaban J connectivity index is 1.80. The molecule has 1 N–H and O–H groups in total. The van der Waals surface area contributed by atoms with Gasteiger partial charge in [0.15, 0.2) is 0 Å². The molecule has 6 heteroatoms. The van der Waals surface area contributed by atoms with Crippen molar-refractivity contribution in [3.05, 3.63) is 100 Å². The van der Waals surface area contributed by atoms with E-state index in [2.05, 4.69) is 9.97 Å². The molecule has 0 unspecified atom stereocenters. The van der Waals surface area contributed by atoms with Crippen LogP contribution in [0.3, 0.4) is 0 Å². The third-order valence-corrected chi connectivity index (χ3v) is 5.32. The molecular weight excluding hydrogens is 396 g/mol. The third-order valence-electron chi connectivity index (χ3n) is 5.07. The molecule has 3 aromatic heterocycles. The molecule has 5 aromatic rings. The number of H-pyrrole nitrogens is 1. The van der Waals surface area contributed by atoms with Crippen LogP contribution >= 0.6 is 11.6 Å². The van der Waals surface area contributed by atoms with E-state index in [9.17, 15) is 4.79 Å². The first kappa shape index (κ1) is 18.3. The van der Waals surface area contributed by atoms with Crippen molar-refractivity contribution in [1.82, 2.24) is 19.4 Å². The quantitative estimate of drug-likeness (QED) is 0.432. The number of aromatic amines is 1. The Hall–Kier alpha value is -3.70. The van der Waals surface area contributed by atoms with Gasteiger partial charge in [0.25, 0.3) is 0 Å². The summed E-state index contributed by atoms with van der Waals surface area (Å²) in [6, 6.07) is 23.1. The summed E-state index contributed by atoms with van der Waals surface area (Å²) in [5.74, 6) is 0. The average Bonchev–Trinajstić information content (AvgIpc) is 3.14. The number of pyridine rings is 1. The lowest BCUT2D eigenvalue weighted by atomic mass is 10.0. The van der Waals surface area contributed by atoms with Gasteiger partial charge in [-0.3, -0.25) is 4.40 Å². The summed E-state index contributed by atoms with van der Waals surface area (Å²) >= 11 is 6.08. The Kier molecular flexibility index (Phi) is 4.45. The van der Waals surface area contributed by atoms with Gasteiger partial charge < -0.3 is 4.98 Å². The summed E-state index contributed by atoms with van der Waals surface area (Å²) in [4.78, 5) is 24.4. The molecule has 0 aliphatic carbocycles. The highest BCUT2D eigenvalue weighted by Crippen LogP contribution is 2.33. The number of fused-ring (bicyclic) bond motifs is 1. The number of nitrogens with zero attached hydrogens (tertiary/aromatic N) is 3. The molecule has 0 aliphatic heterocycles. The summed E-state index contributed by atoms with van der Waals surface area (Å²) in [6.45, 7) is 2.01. The van der Waals surface area contributed by atoms with Crippen molar-refractivity contribution in [2.24, 2.45) is 0 Å². The maximum Gasteiger partial charge on any atom is 0.346 e. The summed E-state index contributed by atoms with van der Waals surface area (Å²) < 4.78 is 1.97. The van der Waals surface area contributed by atoms with Crippen LogP contribution in [0.2, 0.25) is 5.02 Å². The molecule has 0 radical (unpaired) electrons. The molecule has 0 amide bonds. The number of rotatable bonds is 3. The molecule has 0 saturated heterocycles. The fourth-order valence-corrected chi connectivity index (χ4v) is 3.77. The van der Waals surface area contributed by atoms with Crippen LogP contribution in [-0.4, -0.2) is 19.4 Å². The minimum absolute atomic E-state index is 0.404. The Labute approximate surface area is 177 Å². The van der Waals surface area contributed by atoms with Crippen LogP contribution in [0.1, 0.15) is 5.56 Å². The lowest BCUT2D eigenvalue weighted by Gasteiger charge is -2.09.